The molecule has 1 fully saturated rings. The first kappa shape index (κ1) is 26.9. The Morgan fingerprint density at radius 1 is 0.658 bits per heavy atom. The van der Waals surface area contributed by atoms with Crippen LogP contribution in [0.3, 0.4) is 0 Å². The van der Waals surface area contributed by atoms with Gasteiger partial charge in [-0.3, -0.25) is 15.0 Å². The summed E-state index contributed by atoms with van der Waals surface area (Å²) in [7, 11) is 1.57. The summed E-state index contributed by atoms with van der Waals surface area (Å²) in [5.74, 6) is 0. The number of rotatable bonds is 16. The van der Waals surface area contributed by atoms with Gasteiger partial charge < -0.3 is 0 Å². The smallest absolute Gasteiger partial charge is 0.0736 e. The molecule has 3 aromatic rings. The Morgan fingerprint density at radius 3 is 1.58 bits per heavy atom. The van der Waals surface area contributed by atoms with Gasteiger partial charge in [-0.15, -0.1) is 14.7 Å². The molecule has 1 aliphatic carbocycles. The van der Waals surface area contributed by atoms with Crippen LogP contribution < -0.4 is 0 Å². The maximum Gasteiger partial charge on any atom is 0.0736 e. The molecular formula is C29H34N6O3. The summed E-state index contributed by atoms with van der Waals surface area (Å²) in [6.07, 6.45) is 2.96. The molecule has 1 aliphatic rings. The van der Waals surface area contributed by atoms with Gasteiger partial charge in [0.2, 0.25) is 0 Å². The normalized spacial score (nSPS) is 15.1. The van der Waals surface area contributed by atoms with E-state index in [9.17, 15) is 14.7 Å². The number of benzene rings is 3. The number of hydrogen-bond donors (Lipinski definition) is 0. The van der Waals surface area contributed by atoms with Gasteiger partial charge in [0.05, 0.1) is 41.0 Å². The Balaban J connectivity index is 1.60. The van der Waals surface area contributed by atoms with Gasteiger partial charge >= 0.3 is 0 Å². The number of likely N-dealkylation sites (N-methyl/N-ethyl adjacent to an activating group) is 1. The van der Waals surface area contributed by atoms with Crippen molar-refractivity contribution in [2.24, 2.45) is 15.9 Å². The van der Waals surface area contributed by atoms with Gasteiger partial charge in [0.15, 0.2) is 0 Å². The van der Waals surface area contributed by atoms with E-state index in [1.807, 2.05) is 78.9 Å². The third-order valence-corrected chi connectivity index (χ3v) is 7.40. The lowest BCUT2D eigenvalue weighted by molar-refractivity contribution is 0.0890. The Hall–Kier alpha value is -4.14. The van der Waals surface area contributed by atoms with Crippen LogP contribution >= 0.6 is 0 Å². The highest BCUT2D eigenvalue weighted by Gasteiger charge is 2.47. The molecule has 38 heavy (non-hydrogen) atoms. The molecule has 9 nitrogen and oxygen atoms in total. The molecule has 0 unspecified atom stereocenters. The lowest BCUT2D eigenvalue weighted by Gasteiger charge is -2.35. The summed E-state index contributed by atoms with van der Waals surface area (Å²) in [5, 5.41) is 14.2. The van der Waals surface area contributed by atoms with E-state index in [0.29, 0.717) is 19.4 Å². The zero-order valence-electron chi connectivity index (χ0n) is 21.7. The molecule has 0 spiro atoms. The van der Waals surface area contributed by atoms with Crippen molar-refractivity contribution in [3.8, 4) is 0 Å². The maximum atomic E-state index is 12.3. The predicted octanol–water partition coefficient (Wildman–Crippen LogP) is 5.52. The second kappa shape index (κ2) is 12.9. The van der Waals surface area contributed by atoms with Crippen molar-refractivity contribution in [1.82, 2.24) is 15.0 Å². The molecule has 0 amide bonds. The first-order valence-corrected chi connectivity index (χ1v) is 12.9. The number of hydrogen-bond acceptors (Lipinski definition) is 6. The highest BCUT2D eigenvalue weighted by atomic mass is 16.3. The van der Waals surface area contributed by atoms with Crippen LogP contribution in [0.1, 0.15) is 29.5 Å². The van der Waals surface area contributed by atoms with E-state index in [0.717, 1.165) is 24.0 Å². The SMILES string of the molecule is CN(C[C@H](Cc1ccccc1)N(C[C@H](Cc1ccccc1)N(CC1(c2ccccc2)CC1)N=O)N=O)N=O. The molecule has 3 aromatic carbocycles. The highest BCUT2D eigenvalue weighted by molar-refractivity contribution is 5.32. The average Bonchev–Trinajstić information content (AvgIpc) is 3.76. The summed E-state index contributed by atoms with van der Waals surface area (Å²) in [6.45, 7) is 0.855. The van der Waals surface area contributed by atoms with Crippen LogP contribution in [0, 0.1) is 14.7 Å². The molecule has 0 bridgehead atoms. The van der Waals surface area contributed by atoms with Gasteiger partial charge in [0.1, 0.15) is 0 Å². The van der Waals surface area contributed by atoms with Crippen molar-refractivity contribution in [2.45, 2.75) is 43.2 Å². The summed E-state index contributed by atoms with van der Waals surface area (Å²) in [5.41, 5.74) is 3.11. The molecule has 0 heterocycles. The fraction of sp³-hybridized carbons (Fsp3) is 0.379. The first-order valence-electron chi connectivity index (χ1n) is 12.9. The minimum Gasteiger partial charge on any atom is -0.262 e. The average molecular weight is 515 g/mol. The molecular weight excluding hydrogens is 480 g/mol. The topological polar surface area (TPSA) is 98.0 Å². The van der Waals surface area contributed by atoms with Crippen LogP contribution in [-0.4, -0.2) is 53.8 Å². The van der Waals surface area contributed by atoms with E-state index in [1.165, 1.54) is 15.6 Å². The molecule has 198 valence electrons. The Morgan fingerprint density at radius 2 is 1.13 bits per heavy atom. The fourth-order valence-electron chi connectivity index (χ4n) is 5.12. The van der Waals surface area contributed by atoms with Gasteiger partial charge in [0.25, 0.3) is 0 Å². The summed E-state index contributed by atoms with van der Waals surface area (Å²) in [4.78, 5) is 35.8. The minimum atomic E-state index is -0.423. The van der Waals surface area contributed by atoms with Crippen LogP contribution in [0.25, 0.3) is 0 Å². The van der Waals surface area contributed by atoms with Crippen LogP contribution in [0.5, 0.6) is 0 Å². The Labute approximate surface area is 223 Å². The standard InChI is InChI=1S/C29H34N6O3/c1-33(30-36)21-27(19-24-11-5-2-6-12-24)34(31-37)22-28(20-25-13-7-3-8-14-25)35(32-38)23-29(17-18-29)26-15-9-4-10-16-26/h2-16,27-28H,17-23H2,1H3/t27-,28-/m0/s1. The molecule has 0 saturated heterocycles. The fourth-order valence-corrected chi connectivity index (χ4v) is 5.12. The van der Waals surface area contributed by atoms with E-state index in [4.69, 9.17) is 0 Å². The zero-order valence-corrected chi connectivity index (χ0v) is 21.7. The van der Waals surface area contributed by atoms with Crippen molar-refractivity contribution in [3.63, 3.8) is 0 Å². The molecule has 0 N–H and O–H groups in total. The lowest BCUT2D eigenvalue weighted by atomic mass is 9.94. The predicted molar refractivity (Wildman–Crippen MR) is 149 cm³/mol. The van der Waals surface area contributed by atoms with Crippen LogP contribution in [0.15, 0.2) is 107 Å². The second-order valence-electron chi connectivity index (χ2n) is 10.1. The quantitative estimate of drug-likeness (QED) is 0.184. The maximum absolute atomic E-state index is 12.3. The van der Waals surface area contributed by atoms with Crippen LogP contribution in [0.2, 0.25) is 0 Å². The zero-order chi connectivity index (χ0) is 26.8. The molecule has 4 rings (SSSR count). The van der Waals surface area contributed by atoms with E-state index < -0.39 is 12.1 Å². The molecule has 0 aromatic heterocycles. The molecule has 2 atom stereocenters. The van der Waals surface area contributed by atoms with Crippen LogP contribution in [-0.2, 0) is 18.3 Å². The van der Waals surface area contributed by atoms with E-state index in [2.05, 4.69) is 28.0 Å². The minimum absolute atomic E-state index is 0.130. The van der Waals surface area contributed by atoms with E-state index in [1.54, 1.807) is 12.1 Å². The third-order valence-electron chi connectivity index (χ3n) is 7.40. The Kier molecular flexibility index (Phi) is 9.13. The molecule has 1 saturated carbocycles. The van der Waals surface area contributed by atoms with Crippen LogP contribution in [0.4, 0.5) is 0 Å². The van der Waals surface area contributed by atoms with Crippen molar-refractivity contribution < 1.29 is 0 Å². The van der Waals surface area contributed by atoms with Crippen molar-refractivity contribution in [3.05, 3.63) is 122 Å². The van der Waals surface area contributed by atoms with Gasteiger partial charge in [0, 0.05) is 19.0 Å². The summed E-state index contributed by atoms with van der Waals surface area (Å²) >= 11 is 0. The van der Waals surface area contributed by atoms with Gasteiger partial charge in [-0.25, -0.2) is 0 Å². The molecule has 0 aliphatic heterocycles. The lowest BCUT2D eigenvalue weighted by Crippen LogP contribution is -2.49. The Bertz CT molecular complexity index is 1160. The van der Waals surface area contributed by atoms with Gasteiger partial charge in [-0.05, 0) is 42.4 Å². The van der Waals surface area contributed by atoms with E-state index >= 15 is 0 Å². The summed E-state index contributed by atoms with van der Waals surface area (Å²) in [6, 6.07) is 29.0. The van der Waals surface area contributed by atoms with Gasteiger partial charge in [-0.1, -0.05) is 91.0 Å². The largest absolute Gasteiger partial charge is 0.262 e. The molecule has 0 radical (unpaired) electrons. The molecule has 9 heteroatoms. The van der Waals surface area contributed by atoms with Gasteiger partial charge in [-0.2, -0.15) is 0 Å². The summed E-state index contributed by atoms with van der Waals surface area (Å²) < 4.78 is 0. The van der Waals surface area contributed by atoms with Crippen molar-refractivity contribution in [1.29, 1.82) is 0 Å². The first-order chi connectivity index (χ1) is 18.6. The number of nitroso groups, excluding NO2 is 3. The monoisotopic (exact) mass is 514 g/mol. The number of nitrogens with zero attached hydrogens (tertiary/aromatic N) is 6. The second-order valence-corrected chi connectivity index (χ2v) is 10.1. The van der Waals surface area contributed by atoms with Crippen molar-refractivity contribution >= 4 is 0 Å². The highest BCUT2D eigenvalue weighted by Crippen LogP contribution is 2.49. The van der Waals surface area contributed by atoms with E-state index in [-0.39, 0.29) is 18.5 Å². The van der Waals surface area contributed by atoms with Crippen molar-refractivity contribution in [2.75, 3.05) is 26.7 Å². The third kappa shape index (κ3) is 7.00.